The number of para-hydroxylation sites is 1. The topological polar surface area (TPSA) is 123 Å². The van der Waals surface area contributed by atoms with Crippen molar-refractivity contribution in [2.45, 2.75) is 24.9 Å². The van der Waals surface area contributed by atoms with E-state index in [2.05, 4.69) is 28.0 Å². The van der Waals surface area contributed by atoms with E-state index in [-0.39, 0.29) is 11.9 Å². The van der Waals surface area contributed by atoms with Crippen LogP contribution in [0.25, 0.3) is 22.2 Å². The largest absolute Gasteiger partial charge is 0.457 e. The zero-order chi connectivity index (χ0) is 29.1. The van der Waals surface area contributed by atoms with Crippen LogP contribution < -0.4 is 10.5 Å². The molecule has 0 radical (unpaired) electrons. The van der Waals surface area contributed by atoms with Gasteiger partial charge in [-0.2, -0.15) is 5.26 Å². The number of rotatable bonds is 8. The number of likely N-dealkylation sites (N-methyl/N-ethyl adjacent to an activating group) is 1. The molecule has 0 bridgehead atoms. The van der Waals surface area contributed by atoms with Crippen LogP contribution in [0.1, 0.15) is 24.6 Å². The molecule has 4 heterocycles. The van der Waals surface area contributed by atoms with Gasteiger partial charge in [-0.3, -0.25) is 9.69 Å². The summed E-state index contributed by atoms with van der Waals surface area (Å²) >= 11 is 0. The zero-order valence-electron chi connectivity index (χ0n) is 23.5. The van der Waals surface area contributed by atoms with Crippen LogP contribution in [0.4, 0.5) is 5.82 Å². The summed E-state index contributed by atoms with van der Waals surface area (Å²) in [6.45, 7) is 3.28. The Bertz CT molecular complexity index is 1640. The Labute approximate surface area is 244 Å². The number of aromatic nitrogens is 3. The van der Waals surface area contributed by atoms with Crippen LogP contribution in [0.5, 0.6) is 11.5 Å². The second-order valence-corrected chi connectivity index (χ2v) is 10.7. The number of amides is 1. The maximum Gasteiger partial charge on any atom is 0.246 e. The summed E-state index contributed by atoms with van der Waals surface area (Å²) in [6.07, 6.45) is 6.70. The molecule has 214 valence electrons. The average Bonchev–Trinajstić information content (AvgIpc) is 3.78. The van der Waals surface area contributed by atoms with Crippen LogP contribution in [0.3, 0.4) is 0 Å². The van der Waals surface area contributed by atoms with E-state index >= 15 is 0 Å². The number of hydrogen-bond donors (Lipinski definition) is 1. The summed E-state index contributed by atoms with van der Waals surface area (Å²) in [7, 11) is 2.05. The molecule has 2 aliphatic rings. The van der Waals surface area contributed by atoms with E-state index in [1.54, 1.807) is 6.08 Å². The summed E-state index contributed by atoms with van der Waals surface area (Å²) in [5, 5.41) is 11.0. The summed E-state index contributed by atoms with van der Waals surface area (Å²) < 4.78 is 13.4. The van der Waals surface area contributed by atoms with Gasteiger partial charge in [0.25, 0.3) is 0 Å². The van der Waals surface area contributed by atoms with Gasteiger partial charge < -0.3 is 24.7 Å². The monoisotopic (exact) mass is 563 g/mol. The van der Waals surface area contributed by atoms with Crippen LogP contribution in [0.15, 0.2) is 73.1 Å². The zero-order valence-corrected chi connectivity index (χ0v) is 23.5. The smallest absolute Gasteiger partial charge is 0.246 e. The number of ether oxygens (including phenoxy) is 2. The predicted octanol–water partition coefficient (Wildman–Crippen LogP) is 4.39. The first-order valence-electron chi connectivity index (χ1n) is 14.1. The molecule has 2 aliphatic heterocycles. The highest BCUT2D eigenvalue weighted by Gasteiger charge is 2.32. The van der Waals surface area contributed by atoms with Crippen LogP contribution in [0.2, 0.25) is 0 Å². The summed E-state index contributed by atoms with van der Waals surface area (Å²) in [6, 6.07) is 19.8. The van der Waals surface area contributed by atoms with Gasteiger partial charge in [0.2, 0.25) is 5.91 Å². The third kappa shape index (κ3) is 5.44. The standard InChI is InChI=1S/C32H33N7O3/c1-37(24-14-17-41-20-24)15-5-8-28(40)38-16-13-23(19-38)39-27(18-33)29(30-31(34)35-21-36-32(30)39)22-9-11-26(12-10-22)42-25-6-3-2-4-7-25/h2-12,21,23-24H,13-17,19-20H2,1H3,(H2,34,35,36)/t23-,24-/m1/s1. The van der Waals surface area contributed by atoms with Crippen molar-refractivity contribution in [2.24, 2.45) is 0 Å². The number of nitrogens with two attached hydrogens (primary N) is 1. The number of carbonyl (C=O) groups is 1. The first kappa shape index (κ1) is 27.4. The van der Waals surface area contributed by atoms with Gasteiger partial charge in [0.15, 0.2) is 0 Å². The lowest BCUT2D eigenvalue weighted by molar-refractivity contribution is -0.125. The highest BCUT2D eigenvalue weighted by molar-refractivity contribution is 6.03. The lowest BCUT2D eigenvalue weighted by Crippen LogP contribution is -2.32. The second kappa shape index (κ2) is 12.0. The summed E-state index contributed by atoms with van der Waals surface area (Å²) in [5.74, 6) is 1.69. The number of nitriles is 1. The van der Waals surface area contributed by atoms with E-state index in [0.717, 1.165) is 30.9 Å². The predicted molar refractivity (Wildman–Crippen MR) is 160 cm³/mol. The number of hydrogen-bond acceptors (Lipinski definition) is 8. The van der Waals surface area contributed by atoms with Crippen molar-refractivity contribution in [1.29, 1.82) is 5.26 Å². The van der Waals surface area contributed by atoms with Gasteiger partial charge >= 0.3 is 0 Å². The van der Waals surface area contributed by atoms with Gasteiger partial charge in [0, 0.05) is 43.9 Å². The average molecular weight is 564 g/mol. The first-order valence-corrected chi connectivity index (χ1v) is 14.1. The van der Waals surface area contributed by atoms with E-state index in [4.69, 9.17) is 15.2 Å². The molecule has 0 aliphatic carbocycles. The molecule has 0 spiro atoms. The van der Waals surface area contributed by atoms with Crippen molar-refractivity contribution in [3.63, 3.8) is 0 Å². The van der Waals surface area contributed by atoms with Gasteiger partial charge in [0.1, 0.15) is 41.1 Å². The van der Waals surface area contributed by atoms with Crippen molar-refractivity contribution < 1.29 is 14.3 Å². The Morgan fingerprint density at radius 1 is 1.17 bits per heavy atom. The fraction of sp³-hybridized carbons (Fsp3) is 0.312. The molecule has 6 rings (SSSR count). The SMILES string of the molecule is CN(CC=CC(=O)N1CC[C@@H](n2c(C#N)c(-c3ccc(Oc4ccccc4)cc3)c3c(N)ncnc32)C1)[C@@H]1CCOC1. The number of nitrogen functional groups attached to an aromatic ring is 1. The lowest BCUT2D eigenvalue weighted by atomic mass is 10.0. The van der Waals surface area contributed by atoms with Crippen LogP contribution in [-0.4, -0.2) is 76.2 Å². The highest BCUT2D eigenvalue weighted by Crippen LogP contribution is 2.40. The number of fused-ring (bicyclic) bond motifs is 1. The molecule has 10 nitrogen and oxygen atoms in total. The molecule has 2 N–H and O–H groups in total. The fourth-order valence-corrected chi connectivity index (χ4v) is 5.81. The second-order valence-electron chi connectivity index (χ2n) is 10.7. The first-order chi connectivity index (χ1) is 20.5. The molecule has 42 heavy (non-hydrogen) atoms. The van der Waals surface area contributed by atoms with Crippen LogP contribution in [0, 0.1) is 11.3 Å². The van der Waals surface area contributed by atoms with Crippen molar-refractivity contribution in [3.05, 3.63) is 78.8 Å². The van der Waals surface area contributed by atoms with Crippen LogP contribution in [-0.2, 0) is 9.53 Å². The van der Waals surface area contributed by atoms with E-state index in [9.17, 15) is 10.1 Å². The Morgan fingerprint density at radius 2 is 1.95 bits per heavy atom. The fourth-order valence-electron chi connectivity index (χ4n) is 5.81. The van der Waals surface area contributed by atoms with Crippen molar-refractivity contribution >= 4 is 22.8 Å². The third-order valence-corrected chi connectivity index (χ3v) is 8.06. The highest BCUT2D eigenvalue weighted by atomic mass is 16.5. The van der Waals surface area contributed by atoms with Gasteiger partial charge in [-0.25, -0.2) is 9.97 Å². The molecule has 1 amide bonds. The summed E-state index contributed by atoms with van der Waals surface area (Å²) in [4.78, 5) is 25.9. The van der Waals surface area contributed by atoms with Crippen molar-refractivity contribution in [2.75, 3.05) is 45.6 Å². The Morgan fingerprint density at radius 3 is 2.69 bits per heavy atom. The number of nitrogens with zero attached hydrogens (tertiary/aromatic N) is 6. The van der Waals surface area contributed by atoms with Crippen molar-refractivity contribution in [3.8, 4) is 28.7 Å². The van der Waals surface area contributed by atoms with Crippen LogP contribution >= 0.6 is 0 Å². The molecule has 2 fully saturated rings. The number of carbonyl (C=O) groups excluding carboxylic acids is 1. The van der Waals surface area contributed by atoms with Gasteiger partial charge in [-0.15, -0.1) is 0 Å². The van der Waals surface area contributed by atoms with Gasteiger partial charge in [-0.1, -0.05) is 36.4 Å². The maximum atomic E-state index is 13.1. The van der Waals surface area contributed by atoms with E-state index in [1.807, 2.05) is 70.1 Å². The van der Waals surface area contributed by atoms with E-state index in [0.29, 0.717) is 66.0 Å². The minimum Gasteiger partial charge on any atom is -0.457 e. The molecule has 0 saturated carbocycles. The van der Waals surface area contributed by atoms with Crippen molar-refractivity contribution in [1.82, 2.24) is 24.3 Å². The molecule has 2 atom stereocenters. The quantitative estimate of drug-likeness (QED) is 0.313. The lowest BCUT2D eigenvalue weighted by Gasteiger charge is -2.21. The number of benzene rings is 2. The summed E-state index contributed by atoms with van der Waals surface area (Å²) in [5.41, 5.74) is 8.91. The number of likely N-dealkylation sites (tertiary alicyclic amines) is 1. The van der Waals surface area contributed by atoms with E-state index in [1.165, 1.54) is 6.33 Å². The van der Waals surface area contributed by atoms with E-state index < -0.39 is 0 Å². The maximum absolute atomic E-state index is 13.1. The molecule has 2 saturated heterocycles. The van der Waals surface area contributed by atoms with Gasteiger partial charge in [-0.05, 0) is 49.7 Å². The Balaban J connectivity index is 1.24. The third-order valence-electron chi connectivity index (χ3n) is 8.06. The molecular weight excluding hydrogens is 530 g/mol. The molecule has 2 aromatic carbocycles. The molecule has 10 heteroatoms. The Kier molecular flexibility index (Phi) is 7.86. The Hall–Kier alpha value is -4.72. The molecule has 2 aromatic heterocycles. The molecule has 4 aromatic rings. The minimum absolute atomic E-state index is 0.0353. The normalized spacial score (nSPS) is 18.7. The molecular formula is C32H33N7O3. The minimum atomic E-state index is -0.124. The molecule has 0 unspecified atom stereocenters. The van der Waals surface area contributed by atoms with Gasteiger partial charge in [0.05, 0.1) is 18.0 Å². The number of anilines is 1.